The molecule has 27 heavy (non-hydrogen) atoms. The van der Waals surface area contributed by atoms with E-state index in [1.807, 2.05) is 13.8 Å². The van der Waals surface area contributed by atoms with Gasteiger partial charge in [0.25, 0.3) is 5.69 Å². The fraction of sp³-hybridized carbons (Fsp3) is 0.562. The summed E-state index contributed by atoms with van der Waals surface area (Å²) >= 11 is 0. The van der Waals surface area contributed by atoms with E-state index in [4.69, 9.17) is 5.73 Å². The van der Waals surface area contributed by atoms with Gasteiger partial charge in [0.05, 0.1) is 16.4 Å². The molecule has 11 heteroatoms. The number of likely N-dealkylation sites (N-methyl/N-ethyl adjacent to an activating group) is 1. The number of benzene rings is 1. The standard InChI is InChI=1S/C16H26N4O5S.ClH/c1-12(2)9-16(3,11-17)18-15(21)10-19(4)26(24,25)14-7-5-6-13(8-14)20(22)23;/h5-8,12H,9-11,17H2,1-4H3,(H,18,21);1H. The van der Waals surface area contributed by atoms with Crippen molar-refractivity contribution in [1.82, 2.24) is 9.62 Å². The minimum atomic E-state index is -4.04. The Hall–Kier alpha value is -1.75. The molecule has 1 atom stereocenters. The van der Waals surface area contributed by atoms with Crippen LogP contribution in [0, 0.1) is 16.0 Å². The molecule has 0 bridgehead atoms. The molecule has 0 spiro atoms. The Bertz CT molecular complexity index is 772. The summed E-state index contributed by atoms with van der Waals surface area (Å²) in [6.45, 7) is 5.61. The highest BCUT2D eigenvalue weighted by molar-refractivity contribution is 7.89. The van der Waals surface area contributed by atoms with Crippen molar-refractivity contribution in [3.63, 3.8) is 0 Å². The number of nitro groups is 1. The maximum Gasteiger partial charge on any atom is 0.270 e. The van der Waals surface area contributed by atoms with E-state index in [2.05, 4.69) is 5.32 Å². The Morgan fingerprint density at radius 2 is 2.00 bits per heavy atom. The first-order chi connectivity index (χ1) is 11.9. The van der Waals surface area contributed by atoms with E-state index in [9.17, 15) is 23.3 Å². The Morgan fingerprint density at radius 1 is 1.41 bits per heavy atom. The molecule has 9 nitrogen and oxygen atoms in total. The third kappa shape index (κ3) is 7.06. The van der Waals surface area contributed by atoms with Crippen molar-refractivity contribution in [2.75, 3.05) is 20.1 Å². The number of carbonyl (C=O) groups excluding carboxylic acids is 1. The molecule has 0 aliphatic carbocycles. The van der Waals surface area contributed by atoms with Crippen molar-refractivity contribution >= 4 is 34.0 Å². The number of nitrogens with two attached hydrogens (primary N) is 1. The molecule has 0 aliphatic rings. The third-order valence-electron chi connectivity index (χ3n) is 3.85. The van der Waals surface area contributed by atoms with Crippen LogP contribution in [0.2, 0.25) is 0 Å². The van der Waals surface area contributed by atoms with E-state index in [0.29, 0.717) is 12.3 Å². The Kier molecular flexibility index (Phi) is 9.33. The number of hydrogen-bond acceptors (Lipinski definition) is 6. The number of halogens is 1. The highest BCUT2D eigenvalue weighted by atomic mass is 35.5. The first kappa shape index (κ1) is 25.2. The number of nitrogens with one attached hydrogen (secondary N) is 1. The van der Waals surface area contributed by atoms with Crippen molar-refractivity contribution in [2.45, 2.75) is 37.6 Å². The fourth-order valence-electron chi connectivity index (χ4n) is 2.69. The van der Waals surface area contributed by atoms with E-state index in [1.54, 1.807) is 6.92 Å². The molecule has 0 aliphatic heterocycles. The molecule has 154 valence electrons. The smallest absolute Gasteiger partial charge is 0.270 e. The second kappa shape index (κ2) is 9.98. The molecular weight excluding hydrogens is 396 g/mol. The summed E-state index contributed by atoms with van der Waals surface area (Å²) in [7, 11) is -2.79. The van der Waals surface area contributed by atoms with Crippen molar-refractivity contribution < 1.29 is 18.1 Å². The van der Waals surface area contributed by atoms with Crippen LogP contribution < -0.4 is 11.1 Å². The van der Waals surface area contributed by atoms with Crippen LogP contribution in [0.5, 0.6) is 0 Å². The minimum absolute atomic E-state index is 0. The number of hydrogen-bond donors (Lipinski definition) is 2. The van der Waals surface area contributed by atoms with E-state index in [0.717, 1.165) is 10.4 Å². The van der Waals surface area contributed by atoms with E-state index in [-0.39, 0.29) is 29.5 Å². The molecular formula is C16H27ClN4O5S. The maximum absolute atomic E-state index is 12.6. The molecule has 0 saturated heterocycles. The van der Waals surface area contributed by atoms with Gasteiger partial charge in [0.2, 0.25) is 15.9 Å². The molecule has 1 aromatic rings. The first-order valence-electron chi connectivity index (χ1n) is 8.13. The molecule has 1 unspecified atom stereocenters. The Morgan fingerprint density at radius 3 is 2.48 bits per heavy atom. The number of amides is 1. The molecule has 0 aromatic heterocycles. The van der Waals surface area contributed by atoms with Crippen LogP contribution >= 0.6 is 12.4 Å². The lowest BCUT2D eigenvalue weighted by molar-refractivity contribution is -0.385. The molecule has 1 amide bonds. The average Bonchev–Trinajstić information content (AvgIpc) is 2.53. The van der Waals surface area contributed by atoms with Crippen molar-refractivity contribution in [1.29, 1.82) is 0 Å². The van der Waals surface area contributed by atoms with Crippen LogP contribution in [-0.4, -0.2) is 49.2 Å². The molecule has 0 saturated carbocycles. The largest absolute Gasteiger partial charge is 0.349 e. The minimum Gasteiger partial charge on any atom is -0.349 e. The molecule has 1 aromatic carbocycles. The Balaban J connectivity index is 0.00000676. The molecule has 3 N–H and O–H groups in total. The molecule has 0 fully saturated rings. The van der Waals surface area contributed by atoms with Crippen LogP contribution in [0.1, 0.15) is 27.2 Å². The maximum atomic E-state index is 12.6. The molecule has 0 heterocycles. The number of nitro benzene ring substituents is 1. The summed E-state index contributed by atoms with van der Waals surface area (Å²) in [5, 5.41) is 13.6. The van der Waals surface area contributed by atoms with Gasteiger partial charge >= 0.3 is 0 Å². The van der Waals surface area contributed by atoms with Gasteiger partial charge in [-0.1, -0.05) is 19.9 Å². The summed E-state index contributed by atoms with van der Waals surface area (Å²) in [6.07, 6.45) is 0.649. The van der Waals surface area contributed by atoms with Gasteiger partial charge in [0, 0.05) is 31.3 Å². The van der Waals surface area contributed by atoms with Crippen LogP contribution in [0.15, 0.2) is 29.2 Å². The summed E-state index contributed by atoms with van der Waals surface area (Å²) in [5.41, 5.74) is 4.77. The topological polar surface area (TPSA) is 136 Å². The quantitative estimate of drug-likeness (QED) is 0.457. The average molecular weight is 423 g/mol. The van der Waals surface area contributed by atoms with Crippen LogP contribution in [-0.2, 0) is 14.8 Å². The zero-order valence-electron chi connectivity index (χ0n) is 15.8. The van der Waals surface area contributed by atoms with Crippen LogP contribution in [0.4, 0.5) is 5.69 Å². The Labute approximate surface area is 165 Å². The van der Waals surface area contributed by atoms with Crippen molar-refractivity contribution in [3.05, 3.63) is 34.4 Å². The van der Waals surface area contributed by atoms with Gasteiger partial charge in [-0.05, 0) is 25.3 Å². The second-order valence-corrected chi connectivity index (χ2v) is 8.97. The zero-order chi connectivity index (χ0) is 20.1. The highest BCUT2D eigenvalue weighted by Crippen LogP contribution is 2.20. The monoisotopic (exact) mass is 422 g/mol. The summed E-state index contributed by atoms with van der Waals surface area (Å²) in [5.74, 6) is -0.190. The van der Waals surface area contributed by atoms with Gasteiger partial charge in [-0.2, -0.15) is 4.31 Å². The summed E-state index contributed by atoms with van der Waals surface area (Å²) in [6, 6.07) is 4.70. The lowest BCUT2D eigenvalue weighted by Crippen LogP contribution is -2.54. The van der Waals surface area contributed by atoms with E-state index < -0.39 is 32.9 Å². The predicted molar refractivity (Wildman–Crippen MR) is 105 cm³/mol. The van der Waals surface area contributed by atoms with E-state index >= 15 is 0 Å². The van der Waals surface area contributed by atoms with Gasteiger partial charge in [0.1, 0.15) is 0 Å². The van der Waals surface area contributed by atoms with Crippen molar-refractivity contribution in [2.24, 2.45) is 11.7 Å². The van der Waals surface area contributed by atoms with Crippen LogP contribution in [0.3, 0.4) is 0 Å². The number of sulfonamides is 1. The van der Waals surface area contributed by atoms with Crippen molar-refractivity contribution in [3.8, 4) is 0 Å². The van der Waals surface area contributed by atoms with Gasteiger partial charge in [-0.3, -0.25) is 14.9 Å². The second-order valence-electron chi connectivity index (χ2n) is 6.93. The lowest BCUT2D eigenvalue weighted by Gasteiger charge is -2.32. The SMILES string of the molecule is CC(C)CC(C)(CN)NC(=O)CN(C)S(=O)(=O)c1cccc([N+](=O)[O-])c1.Cl. The number of carbonyl (C=O) groups is 1. The predicted octanol–water partition coefficient (Wildman–Crippen LogP) is 1.52. The summed E-state index contributed by atoms with van der Waals surface area (Å²) < 4.78 is 26.0. The fourth-order valence-corrected chi connectivity index (χ4v) is 3.85. The number of nitrogens with zero attached hydrogens (tertiary/aromatic N) is 2. The van der Waals surface area contributed by atoms with Gasteiger partial charge in [-0.25, -0.2) is 8.42 Å². The first-order valence-corrected chi connectivity index (χ1v) is 9.57. The molecule has 1 rings (SSSR count). The van der Waals surface area contributed by atoms with Gasteiger partial charge in [0.15, 0.2) is 0 Å². The lowest BCUT2D eigenvalue weighted by atomic mass is 9.91. The highest BCUT2D eigenvalue weighted by Gasteiger charge is 2.29. The number of rotatable bonds is 9. The molecule has 0 radical (unpaired) electrons. The third-order valence-corrected chi connectivity index (χ3v) is 5.65. The van der Waals surface area contributed by atoms with Gasteiger partial charge < -0.3 is 11.1 Å². The van der Waals surface area contributed by atoms with E-state index in [1.165, 1.54) is 25.2 Å². The van der Waals surface area contributed by atoms with Gasteiger partial charge in [-0.15, -0.1) is 12.4 Å². The normalized spacial score (nSPS) is 13.7. The number of non-ortho nitro benzene ring substituents is 1. The zero-order valence-corrected chi connectivity index (χ0v) is 17.5. The summed E-state index contributed by atoms with van der Waals surface area (Å²) in [4.78, 5) is 22.2. The van der Waals surface area contributed by atoms with Crippen LogP contribution in [0.25, 0.3) is 0 Å².